The molecule has 1 saturated heterocycles. The number of hydrogen-bond acceptors (Lipinski definition) is 5. The first kappa shape index (κ1) is 13.8. The maximum atomic E-state index is 8.64. The Morgan fingerprint density at radius 1 is 1.47 bits per heavy atom. The quantitative estimate of drug-likeness (QED) is 0.308. The van der Waals surface area contributed by atoms with Crippen molar-refractivity contribution in [2.24, 2.45) is 10.9 Å². The highest BCUT2D eigenvalue weighted by Crippen LogP contribution is 2.05. The Morgan fingerprint density at radius 3 is 3.11 bits per heavy atom. The van der Waals surface area contributed by atoms with Crippen molar-refractivity contribution in [1.82, 2.24) is 5.32 Å². The fourth-order valence-electron chi connectivity index (χ4n) is 1.93. The van der Waals surface area contributed by atoms with Crippen LogP contribution >= 0.6 is 0 Å². The molecule has 0 amide bonds. The number of rotatable bonds is 5. The van der Waals surface area contributed by atoms with Gasteiger partial charge in [0.05, 0.1) is 25.9 Å². The first-order valence-corrected chi connectivity index (χ1v) is 6.26. The highest BCUT2D eigenvalue weighted by Gasteiger charge is 2.13. The third kappa shape index (κ3) is 4.20. The fourth-order valence-corrected chi connectivity index (χ4v) is 1.93. The number of nitrogens with one attached hydrogen (secondary N) is 1. The van der Waals surface area contributed by atoms with Gasteiger partial charge in [0.1, 0.15) is 0 Å². The summed E-state index contributed by atoms with van der Waals surface area (Å²) in [7, 11) is 0. The Balaban J connectivity index is 1.82. The minimum Gasteiger partial charge on any atom is -0.409 e. The lowest BCUT2D eigenvalue weighted by Crippen LogP contribution is -2.37. The van der Waals surface area contributed by atoms with Crippen molar-refractivity contribution < 1.29 is 14.7 Å². The third-order valence-electron chi connectivity index (χ3n) is 2.92. The number of benzene rings is 1. The van der Waals surface area contributed by atoms with Crippen LogP contribution in [0.2, 0.25) is 0 Å². The molecule has 6 heteroatoms. The summed E-state index contributed by atoms with van der Waals surface area (Å²) < 4.78 is 10.9. The van der Waals surface area contributed by atoms with E-state index in [9.17, 15) is 0 Å². The van der Waals surface area contributed by atoms with Gasteiger partial charge in [-0.25, -0.2) is 0 Å². The van der Waals surface area contributed by atoms with Gasteiger partial charge in [0, 0.05) is 18.7 Å². The lowest BCUT2D eigenvalue weighted by Gasteiger charge is -2.23. The van der Waals surface area contributed by atoms with Crippen molar-refractivity contribution in [2.75, 3.05) is 26.4 Å². The molecule has 1 heterocycles. The number of nitrogens with zero attached hydrogens (tertiary/aromatic N) is 1. The van der Waals surface area contributed by atoms with E-state index in [1.165, 1.54) is 0 Å². The molecule has 19 heavy (non-hydrogen) atoms. The lowest BCUT2D eigenvalue weighted by molar-refractivity contribution is -0.0864. The molecule has 0 radical (unpaired) electrons. The largest absolute Gasteiger partial charge is 0.409 e. The summed E-state index contributed by atoms with van der Waals surface area (Å²) in [5, 5.41) is 14.9. The molecule has 1 aliphatic rings. The molecule has 2 rings (SSSR count). The van der Waals surface area contributed by atoms with Crippen molar-refractivity contribution in [2.45, 2.75) is 12.6 Å². The molecule has 4 N–H and O–H groups in total. The summed E-state index contributed by atoms with van der Waals surface area (Å²) in [5.41, 5.74) is 7.33. The van der Waals surface area contributed by atoms with Gasteiger partial charge in [-0.1, -0.05) is 23.4 Å². The van der Waals surface area contributed by atoms with E-state index in [1.54, 1.807) is 6.07 Å². The maximum absolute atomic E-state index is 8.64. The SMILES string of the molecule is NC(=NO)c1cccc(CNCC2COCCO2)c1. The summed E-state index contributed by atoms with van der Waals surface area (Å²) >= 11 is 0. The number of ether oxygens (including phenoxy) is 2. The highest BCUT2D eigenvalue weighted by atomic mass is 16.6. The van der Waals surface area contributed by atoms with E-state index in [2.05, 4.69) is 10.5 Å². The van der Waals surface area contributed by atoms with Crippen LogP contribution in [-0.2, 0) is 16.0 Å². The summed E-state index contributed by atoms with van der Waals surface area (Å²) in [4.78, 5) is 0. The van der Waals surface area contributed by atoms with Crippen LogP contribution in [0.4, 0.5) is 0 Å². The van der Waals surface area contributed by atoms with Crippen molar-refractivity contribution in [3.05, 3.63) is 35.4 Å². The first-order chi connectivity index (χ1) is 9.29. The van der Waals surface area contributed by atoms with Crippen molar-refractivity contribution in [3.63, 3.8) is 0 Å². The van der Waals surface area contributed by atoms with Crippen LogP contribution in [0.25, 0.3) is 0 Å². The number of nitrogens with two attached hydrogens (primary N) is 1. The predicted octanol–water partition coefficient (Wildman–Crippen LogP) is 0.286. The normalized spacial score (nSPS) is 20.4. The smallest absolute Gasteiger partial charge is 0.170 e. The van der Waals surface area contributed by atoms with Crippen LogP contribution < -0.4 is 11.1 Å². The van der Waals surface area contributed by atoms with E-state index in [0.29, 0.717) is 31.9 Å². The molecule has 0 saturated carbocycles. The Bertz CT molecular complexity index is 431. The number of hydrogen-bond donors (Lipinski definition) is 3. The van der Waals surface area contributed by atoms with Gasteiger partial charge in [0.25, 0.3) is 0 Å². The van der Waals surface area contributed by atoms with E-state index in [1.807, 2.05) is 18.2 Å². The summed E-state index contributed by atoms with van der Waals surface area (Å²) in [6.45, 7) is 3.42. The van der Waals surface area contributed by atoms with Gasteiger partial charge in [-0.2, -0.15) is 0 Å². The van der Waals surface area contributed by atoms with E-state index < -0.39 is 0 Å². The monoisotopic (exact) mass is 265 g/mol. The topological polar surface area (TPSA) is 89.1 Å². The van der Waals surface area contributed by atoms with Crippen molar-refractivity contribution >= 4 is 5.84 Å². The van der Waals surface area contributed by atoms with E-state index >= 15 is 0 Å². The standard InChI is InChI=1S/C13H19N3O3/c14-13(16-17)11-3-1-2-10(6-11)7-15-8-12-9-18-4-5-19-12/h1-3,6,12,15,17H,4-5,7-9H2,(H2,14,16). The molecule has 0 aliphatic carbocycles. The Hall–Kier alpha value is -1.63. The van der Waals surface area contributed by atoms with E-state index in [-0.39, 0.29) is 11.9 Å². The second-order valence-corrected chi connectivity index (χ2v) is 4.38. The van der Waals surface area contributed by atoms with Crippen LogP contribution in [0.5, 0.6) is 0 Å². The lowest BCUT2D eigenvalue weighted by atomic mass is 10.1. The van der Waals surface area contributed by atoms with Gasteiger partial charge in [-0.05, 0) is 11.6 Å². The van der Waals surface area contributed by atoms with Gasteiger partial charge in [0.2, 0.25) is 0 Å². The first-order valence-electron chi connectivity index (χ1n) is 6.26. The van der Waals surface area contributed by atoms with Crippen LogP contribution in [0, 0.1) is 0 Å². The number of oxime groups is 1. The summed E-state index contributed by atoms with van der Waals surface area (Å²) in [6, 6.07) is 7.56. The zero-order valence-electron chi connectivity index (χ0n) is 10.7. The predicted molar refractivity (Wildman–Crippen MR) is 71.2 cm³/mol. The molecule has 6 nitrogen and oxygen atoms in total. The molecular formula is C13H19N3O3. The average Bonchev–Trinajstić information content (AvgIpc) is 2.48. The maximum Gasteiger partial charge on any atom is 0.170 e. The molecule has 104 valence electrons. The zero-order valence-corrected chi connectivity index (χ0v) is 10.7. The van der Waals surface area contributed by atoms with E-state index in [0.717, 1.165) is 12.1 Å². The molecule has 0 spiro atoms. The second kappa shape index (κ2) is 7.08. The third-order valence-corrected chi connectivity index (χ3v) is 2.92. The molecule has 1 unspecified atom stereocenters. The van der Waals surface area contributed by atoms with E-state index in [4.69, 9.17) is 20.4 Å². The second-order valence-electron chi connectivity index (χ2n) is 4.38. The van der Waals surface area contributed by atoms with Gasteiger partial charge in [-0.15, -0.1) is 0 Å². The highest BCUT2D eigenvalue weighted by molar-refractivity contribution is 5.97. The Labute approximate surface area is 112 Å². The van der Waals surface area contributed by atoms with Crippen LogP contribution in [0.15, 0.2) is 29.4 Å². The van der Waals surface area contributed by atoms with Crippen LogP contribution in [0.1, 0.15) is 11.1 Å². The van der Waals surface area contributed by atoms with Gasteiger partial charge < -0.3 is 25.7 Å². The average molecular weight is 265 g/mol. The zero-order chi connectivity index (χ0) is 13.5. The van der Waals surface area contributed by atoms with Crippen LogP contribution in [0.3, 0.4) is 0 Å². The van der Waals surface area contributed by atoms with Crippen LogP contribution in [-0.4, -0.2) is 43.5 Å². The fraction of sp³-hybridized carbons (Fsp3) is 0.462. The molecule has 1 aliphatic heterocycles. The molecular weight excluding hydrogens is 246 g/mol. The Kier molecular flexibility index (Phi) is 5.14. The summed E-state index contributed by atoms with van der Waals surface area (Å²) in [6.07, 6.45) is 0.112. The van der Waals surface area contributed by atoms with Gasteiger partial charge in [-0.3, -0.25) is 0 Å². The molecule has 1 aromatic rings. The van der Waals surface area contributed by atoms with Gasteiger partial charge in [0.15, 0.2) is 5.84 Å². The molecule has 1 fully saturated rings. The minimum atomic E-state index is 0.112. The number of amidine groups is 1. The molecule has 0 aromatic heterocycles. The summed E-state index contributed by atoms with van der Waals surface area (Å²) in [5.74, 6) is 0.117. The van der Waals surface area contributed by atoms with Crippen molar-refractivity contribution in [1.29, 1.82) is 0 Å². The van der Waals surface area contributed by atoms with Gasteiger partial charge >= 0.3 is 0 Å². The van der Waals surface area contributed by atoms with Crippen molar-refractivity contribution in [3.8, 4) is 0 Å². The minimum absolute atomic E-state index is 0.112. The molecule has 1 aromatic carbocycles. The molecule has 1 atom stereocenters. The Morgan fingerprint density at radius 2 is 2.37 bits per heavy atom. The molecule has 0 bridgehead atoms.